The molecule has 0 unspecified atom stereocenters. The largest absolute Gasteiger partial charge is 0.396 e. The van der Waals surface area contributed by atoms with Gasteiger partial charge in [0.2, 0.25) is 0 Å². The highest BCUT2D eigenvalue weighted by Gasteiger charge is 2.16. The molecule has 1 rings (SSSR count). The second-order valence-electron chi connectivity index (χ2n) is 6.13. The SMILES string of the molecule is CC(C)(CO)CCCNCC1CCCCC1. The zero-order valence-electron chi connectivity index (χ0n) is 11.1. The van der Waals surface area contributed by atoms with Crippen LogP contribution in [0.3, 0.4) is 0 Å². The van der Waals surface area contributed by atoms with Crippen LogP contribution in [0.5, 0.6) is 0 Å². The average molecular weight is 227 g/mol. The molecule has 0 aliphatic heterocycles. The summed E-state index contributed by atoms with van der Waals surface area (Å²) in [5, 5.41) is 12.7. The van der Waals surface area contributed by atoms with Crippen molar-refractivity contribution in [1.82, 2.24) is 5.32 Å². The molecule has 0 aromatic rings. The van der Waals surface area contributed by atoms with E-state index in [4.69, 9.17) is 5.11 Å². The zero-order chi connectivity index (χ0) is 11.9. The lowest BCUT2D eigenvalue weighted by Gasteiger charge is -2.23. The van der Waals surface area contributed by atoms with Gasteiger partial charge in [0.05, 0.1) is 0 Å². The number of hydrogen-bond acceptors (Lipinski definition) is 2. The molecule has 0 aromatic carbocycles. The Kier molecular flexibility index (Phi) is 6.37. The van der Waals surface area contributed by atoms with Crippen LogP contribution in [0.4, 0.5) is 0 Å². The van der Waals surface area contributed by atoms with Gasteiger partial charge in [-0.15, -0.1) is 0 Å². The standard InChI is InChI=1S/C14H29NO/c1-14(2,12-16)9-6-10-15-11-13-7-4-3-5-8-13/h13,15-16H,3-12H2,1-2H3. The first-order chi connectivity index (χ1) is 7.64. The Morgan fingerprint density at radius 1 is 1.19 bits per heavy atom. The maximum absolute atomic E-state index is 9.13. The molecule has 0 spiro atoms. The van der Waals surface area contributed by atoms with Crippen molar-refractivity contribution in [2.75, 3.05) is 19.7 Å². The second-order valence-corrected chi connectivity index (χ2v) is 6.13. The molecule has 96 valence electrons. The van der Waals surface area contributed by atoms with Gasteiger partial charge < -0.3 is 10.4 Å². The van der Waals surface area contributed by atoms with Gasteiger partial charge in [-0.2, -0.15) is 0 Å². The average Bonchev–Trinajstić information content (AvgIpc) is 2.30. The summed E-state index contributed by atoms with van der Waals surface area (Å²) >= 11 is 0. The van der Waals surface area contributed by atoms with Crippen LogP contribution >= 0.6 is 0 Å². The molecule has 0 saturated heterocycles. The molecule has 0 bridgehead atoms. The van der Waals surface area contributed by atoms with Crippen LogP contribution in [-0.2, 0) is 0 Å². The third-order valence-corrected chi connectivity index (χ3v) is 3.79. The van der Waals surface area contributed by atoms with Gasteiger partial charge >= 0.3 is 0 Å². The summed E-state index contributed by atoms with van der Waals surface area (Å²) < 4.78 is 0. The van der Waals surface area contributed by atoms with Gasteiger partial charge in [-0.3, -0.25) is 0 Å². The van der Waals surface area contributed by atoms with Gasteiger partial charge in [0.15, 0.2) is 0 Å². The topological polar surface area (TPSA) is 32.3 Å². The first kappa shape index (κ1) is 14.0. The Morgan fingerprint density at radius 2 is 1.88 bits per heavy atom. The Labute approximate surface area is 101 Å². The van der Waals surface area contributed by atoms with Crippen LogP contribution in [0.15, 0.2) is 0 Å². The fourth-order valence-electron chi connectivity index (χ4n) is 2.47. The molecule has 1 saturated carbocycles. The number of aliphatic hydroxyl groups excluding tert-OH is 1. The van der Waals surface area contributed by atoms with E-state index in [9.17, 15) is 0 Å². The maximum atomic E-state index is 9.13. The third kappa shape index (κ3) is 5.86. The Bertz CT molecular complexity index is 174. The molecule has 1 fully saturated rings. The molecule has 2 nitrogen and oxygen atoms in total. The van der Waals surface area contributed by atoms with E-state index < -0.39 is 0 Å². The molecule has 0 amide bonds. The van der Waals surface area contributed by atoms with Crippen LogP contribution < -0.4 is 5.32 Å². The van der Waals surface area contributed by atoms with Crippen LogP contribution in [0.2, 0.25) is 0 Å². The van der Waals surface area contributed by atoms with Gasteiger partial charge in [-0.1, -0.05) is 33.1 Å². The van der Waals surface area contributed by atoms with Gasteiger partial charge in [0.1, 0.15) is 0 Å². The lowest BCUT2D eigenvalue weighted by Crippen LogP contribution is -2.26. The highest BCUT2D eigenvalue weighted by Crippen LogP contribution is 2.23. The van der Waals surface area contributed by atoms with Crippen molar-refractivity contribution in [2.24, 2.45) is 11.3 Å². The number of hydrogen-bond donors (Lipinski definition) is 2. The summed E-state index contributed by atoms with van der Waals surface area (Å²) in [4.78, 5) is 0. The summed E-state index contributed by atoms with van der Waals surface area (Å²) in [5.74, 6) is 0.930. The Hall–Kier alpha value is -0.0800. The molecule has 1 aliphatic rings. The Balaban J connectivity index is 1.95. The molecule has 0 heterocycles. The van der Waals surface area contributed by atoms with Crippen molar-refractivity contribution in [2.45, 2.75) is 58.8 Å². The van der Waals surface area contributed by atoms with Crippen molar-refractivity contribution in [1.29, 1.82) is 0 Å². The van der Waals surface area contributed by atoms with E-state index in [0.717, 1.165) is 18.9 Å². The summed E-state index contributed by atoms with van der Waals surface area (Å²) in [6.07, 6.45) is 9.46. The minimum atomic E-state index is 0.104. The van der Waals surface area contributed by atoms with Crippen molar-refractivity contribution >= 4 is 0 Å². The third-order valence-electron chi connectivity index (χ3n) is 3.79. The molecule has 0 aromatic heterocycles. The number of rotatable bonds is 7. The quantitative estimate of drug-likeness (QED) is 0.655. The van der Waals surface area contributed by atoms with E-state index in [-0.39, 0.29) is 5.41 Å². The zero-order valence-corrected chi connectivity index (χ0v) is 11.1. The van der Waals surface area contributed by atoms with E-state index in [1.807, 2.05) is 0 Å². The summed E-state index contributed by atoms with van der Waals surface area (Å²) in [6, 6.07) is 0. The van der Waals surface area contributed by atoms with Crippen molar-refractivity contribution in [3.63, 3.8) is 0 Å². The minimum Gasteiger partial charge on any atom is -0.396 e. The molecule has 0 atom stereocenters. The molecule has 1 aliphatic carbocycles. The highest BCUT2D eigenvalue weighted by molar-refractivity contribution is 4.70. The van der Waals surface area contributed by atoms with Gasteiger partial charge in [0.25, 0.3) is 0 Å². The van der Waals surface area contributed by atoms with Crippen molar-refractivity contribution in [3.05, 3.63) is 0 Å². The van der Waals surface area contributed by atoms with E-state index in [0.29, 0.717) is 6.61 Å². The fraction of sp³-hybridized carbons (Fsp3) is 1.00. The lowest BCUT2D eigenvalue weighted by molar-refractivity contribution is 0.147. The van der Waals surface area contributed by atoms with Crippen molar-refractivity contribution in [3.8, 4) is 0 Å². The van der Waals surface area contributed by atoms with Crippen LogP contribution in [0, 0.1) is 11.3 Å². The molecular formula is C14H29NO. The van der Waals surface area contributed by atoms with E-state index in [1.165, 1.54) is 45.1 Å². The number of nitrogens with one attached hydrogen (secondary N) is 1. The molecule has 0 radical (unpaired) electrons. The van der Waals surface area contributed by atoms with Crippen LogP contribution in [-0.4, -0.2) is 24.8 Å². The molecule has 2 N–H and O–H groups in total. The van der Waals surface area contributed by atoms with Gasteiger partial charge in [-0.05, 0) is 50.1 Å². The summed E-state index contributed by atoms with van der Waals surface area (Å²) in [5.41, 5.74) is 0.104. The number of aliphatic hydroxyl groups is 1. The minimum absolute atomic E-state index is 0.104. The summed E-state index contributed by atoms with van der Waals surface area (Å²) in [7, 11) is 0. The van der Waals surface area contributed by atoms with Gasteiger partial charge in [0, 0.05) is 6.61 Å². The predicted octanol–water partition coefficient (Wildman–Crippen LogP) is 2.96. The smallest absolute Gasteiger partial charge is 0.0482 e. The van der Waals surface area contributed by atoms with E-state index >= 15 is 0 Å². The normalized spacial score (nSPS) is 18.9. The maximum Gasteiger partial charge on any atom is 0.0482 e. The van der Waals surface area contributed by atoms with E-state index in [2.05, 4.69) is 19.2 Å². The molecular weight excluding hydrogens is 198 g/mol. The first-order valence-corrected chi connectivity index (χ1v) is 6.96. The lowest BCUT2D eigenvalue weighted by atomic mass is 9.88. The summed E-state index contributed by atoms with van der Waals surface area (Å²) in [6.45, 7) is 6.89. The van der Waals surface area contributed by atoms with Gasteiger partial charge in [-0.25, -0.2) is 0 Å². The molecule has 2 heteroatoms. The van der Waals surface area contributed by atoms with Crippen LogP contribution in [0.25, 0.3) is 0 Å². The molecule has 16 heavy (non-hydrogen) atoms. The Morgan fingerprint density at radius 3 is 2.50 bits per heavy atom. The van der Waals surface area contributed by atoms with Crippen LogP contribution in [0.1, 0.15) is 58.8 Å². The fourth-order valence-corrected chi connectivity index (χ4v) is 2.47. The van der Waals surface area contributed by atoms with E-state index in [1.54, 1.807) is 0 Å². The monoisotopic (exact) mass is 227 g/mol. The predicted molar refractivity (Wildman–Crippen MR) is 69.5 cm³/mol. The first-order valence-electron chi connectivity index (χ1n) is 6.96. The second kappa shape index (κ2) is 7.29. The van der Waals surface area contributed by atoms with Crippen molar-refractivity contribution < 1.29 is 5.11 Å². The highest BCUT2D eigenvalue weighted by atomic mass is 16.3.